The molecule has 4 nitrogen and oxygen atoms in total. The van der Waals surface area contributed by atoms with Gasteiger partial charge in [0.2, 0.25) is 0 Å². The summed E-state index contributed by atoms with van der Waals surface area (Å²) < 4.78 is 0. The number of likely N-dealkylation sites (tertiary alicyclic amines) is 1. The molecule has 1 aliphatic heterocycles. The molecule has 2 saturated carbocycles. The Hall–Kier alpha value is -0.610. The molecule has 3 aliphatic rings. The molecule has 1 saturated heterocycles. The van der Waals surface area contributed by atoms with Crippen LogP contribution in [0.4, 0.5) is 0 Å². The second-order valence-corrected chi connectivity index (χ2v) is 8.61. The lowest BCUT2D eigenvalue weighted by Gasteiger charge is -2.39. The van der Waals surface area contributed by atoms with E-state index in [0.717, 1.165) is 18.9 Å². The Labute approximate surface area is 141 Å². The van der Waals surface area contributed by atoms with E-state index in [9.17, 15) is 5.11 Å². The number of hydrogen-bond donors (Lipinski definition) is 1. The minimum atomic E-state index is -0.477. The van der Waals surface area contributed by atoms with E-state index in [-0.39, 0.29) is 11.6 Å². The fraction of sp³-hybridized carbons (Fsp3) is 0.947. The lowest BCUT2D eigenvalue weighted by Crippen LogP contribution is -2.49. The molecule has 0 amide bonds. The summed E-state index contributed by atoms with van der Waals surface area (Å²) in [6, 6.07) is 0. The van der Waals surface area contributed by atoms with Gasteiger partial charge in [0.15, 0.2) is 6.10 Å². The molecule has 0 radical (unpaired) electrons. The first kappa shape index (κ1) is 17.2. The first-order chi connectivity index (χ1) is 11.0. The zero-order valence-electron chi connectivity index (χ0n) is 15.1. The van der Waals surface area contributed by atoms with Gasteiger partial charge < -0.3 is 9.94 Å². The van der Waals surface area contributed by atoms with E-state index in [4.69, 9.17) is 4.84 Å². The smallest absolute Gasteiger partial charge is 0.151 e. The molecule has 1 N–H and O–H groups in total. The summed E-state index contributed by atoms with van der Waals surface area (Å²) >= 11 is 0. The molecule has 2 unspecified atom stereocenters. The number of aliphatic hydroxyl groups is 1. The monoisotopic (exact) mass is 322 g/mol. The number of rotatable bonds is 5. The van der Waals surface area contributed by atoms with Crippen LogP contribution < -0.4 is 0 Å². The second kappa shape index (κ2) is 7.10. The van der Waals surface area contributed by atoms with Crippen molar-refractivity contribution in [3.8, 4) is 0 Å². The molecule has 0 spiro atoms. The van der Waals surface area contributed by atoms with Gasteiger partial charge in [0.05, 0.1) is 5.71 Å². The van der Waals surface area contributed by atoms with Crippen molar-refractivity contribution in [2.45, 2.75) is 89.9 Å². The highest BCUT2D eigenvalue weighted by Crippen LogP contribution is 2.42. The van der Waals surface area contributed by atoms with Crippen molar-refractivity contribution in [1.82, 2.24) is 4.90 Å². The van der Waals surface area contributed by atoms with Crippen LogP contribution in [0.2, 0.25) is 0 Å². The van der Waals surface area contributed by atoms with Crippen LogP contribution in [-0.4, -0.2) is 46.6 Å². The number of β-amino-alcohol motifs (C(OH)–C–C–N with tert-alkyl or cyclic N) is 1. The highest BCUT2D eigenvalue weighted by molar-refractivity contribution is 5.89. The van der Waals surface area contributed by atoms with E-state index in [0.29, 0.717) is 12.5 Å². The van der Waals surface area contributed by atoms with Gasteiger partial charge in [-0.3, -0.25) is 4.90 Å². The van der Waals surface area contributed by atoms with E-state index < -0.39 is 6.10 Å². The Morgan fingerprint density at radius 1 is 1.30 bits per heavy atom. The zero-order chi connectivity index (χ0) is 16.4. The first-order valence-electron chi connectivity index (χ1n) is 9.61. The highest BCUT2D eigenvalue weighted by Gasteiger charge is 2.37. The van der Waals surface area contributed by atoms with Crippen LogP contribution in [-0.2, 0) is 4.84 Å². The predicted molar refractivity (Wildman–Crippen MR) is 93.6 cm³/mol. The summed E-state index contributed by atoms with van der Waals surface area (Å²) in [5, 5.41) is 15.0. The van der Waals surface area contributed by atoms with Gasteiger partial charge in [-0.25, -0.2) is 0 Å². The molecular weight excluding hydrogens is 288 g/mol. The van der Waals surface area contributed by atoms with Gasteiger partial charge in [0.1, 0.15) is 6.10 Å². The summed E-state index contributed by atoms with van der Waals surface area (Å²) in [6.45, 7) is 8.31. The first-order valence-corrected chi connectivity index (χ1v) is 9.61. The Balaban J connectivity index is 1.51. The molecule has 3 fully saturated rings. The van der Waals surface area contributed by atoms with Crippen LogP contribution in [0.25, 0.3) is 0 Å². The van der Waals surface area contributed by atoms with Crippen molar-refractivity contribution < 1.29 is 9.94 Å². The molecule has 1 heterocycles. The Morgan fingerprint density at radius 3 is 2.83 bits per heavy atom. The van der Waals surface area contributed by atoms with Crippen LogP contribution in [0, 0.1) is 11.8 Å². The molecule has 2 aliphatic carbocycles. The van der Waals surface area contributed by atoms with Gasteiger partial charge in [-0.2, -0.15) is 0 Å². The van der Waals surface area contributed by atoms with E-state index in [1.54, 1.807) is 0 Å². The van der Waals surface area contributed by atoms with Crippen molar-refractivity contribution in [1.29, 1.82) is 0 Å². The van der Waals surface area contributed by atoms with Gasteiger partial charge in [0, 0.05) is 18.0 Å². The predicted octanol–water partition coefficient (Wildman–Crippen LogP) is 3.58. The molecule has 4 atom stereocenters. The Morgan fingerprint density at radius 2 is 2.13 bits per heavy atom. The van der Waals surface area contributed by atoms with Crippen LogP contribution in [0.15, 0.2) is 5.16 Å². The standard InChI is InChI=1S/C19H34N2O2/c1-14(23-20-17-12-15-7-8-16(17)11-15)18(22)13-21-10-6-4-5-9-19(21,2)3/h14-16,18,22H,4-13H2,1-3H3/b20-17+/t14?,15-,16-,18?/m1/s1. The van der Waals surface area contributed by atoms with Gasteiger partial charge in [0.25, 0.3) is 0 Å². The molecule has 132 valence electrons. The van der Waals surface area contributed by atoms with Crippen molar-refractivity contribution >= 4 is 5.71 Å². The molecule has 4 heteroatoms. The van der Waals surface area contributed by atoms with E-state index >= 15 is 0 Å². The summed E-state index contributed by atoms with van der Waals surface area (Å²) in [4.78, 5) is 8.13. The number of nitrogens with zero attached hydrogens (tertiary/aromatic N) is 2. The van der Waals surface area contributed by atoms with E-state index in [2.05, 4.69) is 23.9 Å². The Bertz CT molecular complexity index is 435. The average Bonchev–Trinajstić information content (AvgIpc) is 3.09. The van der Waals surface area contributed by atoms with Crippen LogP contribution in [0.1, 0.15) is 72.1 Å². The third kappa shape index (κ3) is 4.08. The van der Waals surface area contributed by atoms with Crippen molar-refractivity contribution in [3.63, 3.8) is 0 Å². The summed E-state index contributed by atoms with van der Waals surface area (Å²) in [7, 11) is 0. The maximum atomic E-state index is 10.6. The van der Waals surface area contributed by atoms with Gasteiger partial charge in [-0.15, -0.1) is 0 Å². The van der Waals surface area contributed by atoms with Crippen LogP contribution in [0.3, 0.4) is 0 Å². The zero-order valence-corrected chi connectivity index (χ0v) is 15.1. The van der Waals surface area contributed by atoms with Gasteiger partial charge in [-0.05, 0) is 71.8 Å². The maximum Gasteiger partial charge on any atom is 0.151 e. The third-order valence-corrected chi connectivity index (χ3v) is 6.37. The second-order valence-electron chi connectivity index (χ2n) is 8.61. The normalized spacial score (nSPS) is 35.2. The molecule has 0 aromatic carbocycles. The molecule has 23 heavy (non-hydrogen) atoms. The number of oxime groups is 1. The van der Waals surface area contributed by atoms with Crippen molar-refractivity contribution in [3.05, 3.63) is 0 Å². The minimum Gasteiger partial charge on any atom is -0.390 e. The maximum absolute atomic E-state index is 10.6. The van der Waals surface area contributed by atoms with E-state index in [1.165, 1.54) is 50.7 Å². The third-order valence-electron chi connectivity index (χ3n) is 6.37. The number of hydrogen-bond acceptors (Lipinski definition) is 4. The summed E-state index contributed by atoms with van der Waals surface area (Å²) in [5.74, 6) is 1.51. The summed E-state index contributed by atoms with van der Waals surface area (Å²) in [6.07, 6.45) is 9.40. The Kier molecular flexibility index (Phi) is 5.32. The fourth-order valence-corrected chi connectivity index (χ4v) is 4.57. The van der Waals surface area contributed by atoms with Crippen LogP contribution in [0.5, 0.6) is 0 Å². The number of aliphatic hydroxyl groups excluding tert-OH is 1. The lowest BCUT2D eigenvalue weighted by molar-refractivity contribution is -0.0509. The molecule has 2 bridgehead atoms. The molecular formula is C19H34N2O2. The van der Waals surface area contributed by atoms with Gasteiger partial charge in [-0.1, -0.05) is 18.0 Å². The molecule has 0 aromatic rings. The highest BCUT2D eigenvalue weighted by atomic mass is 16.6. The number of fused-ring (bicyclic) bond motifs is 2. The fourth-order valence-electron chi connectivity index (χ4n) is 4.57. The summed E-state index contributed by atoms with van der Waals surface area (Å²) in [5.41, 5.74) is 1.42. The van der Waals surface area contributed by atoms with Crippen molar-refractivity contribution in [2.24, 2.45) is 17.0 Å². The molecule has 3 rings (SSSR count). The minimum absolute atomic E-state index is 0.174. The van der Waals surface area contributed by atoms with E-state index in [1.807, 2.05) is 6.92 Å². The van der Waals surface area contributed by atoms with Crippen LogP contribution >= 0.6 is 0 Å². The largest absolute Gasteiger partial charge is 0.390 e. The van der Waals surface area contributed by atoms with Crippen molar-refractivity contribution in [2.75, 3.05) is 13.1 Å². The molecule has 0 aromatic heterocycles. The topological polar surface area (TPSA) is 45.1 Å². The van der Waals surface area contributed by atoms with Gasteiger partial charge >= 0.3 is 0 Å². The lowest BCUT2D eigenvalue weighted by atomic mass is 9.96. The average molecular weight is 322 g/mol. The quantitative estimate of drug-likeness (QED) is 0.787. The SMILES string of the molecule is CC(O/N=C1\C[C@@H]2CC[C@@H]1C2)C(O)CN1CCCCCC1(C)C.